The highest BCUT2D eigenvalue weighted by Crippen LogP contribution is 2.52. The van der Waals surface area contributed by atoms with Crippen molar-refractivity contribution in [1.29, 1.82) is 0 Å². The van der Waals surface area contributed by atoms with E-state index in [0.29, 0.717) is 10.6 Å². The van der Waals surface area contributed by atoms with Crippen molar-refractivity contribution in [2.24, 2.45) is 11.3 Å². The highest BCUT2D eigenvalue weighted by Gasteiger charge is 2.41. The molecule has 0 aliphatic carbocycles. The van der Waals surface area contributed by atoms with E-state index in [2.05, 4.69) is 50.3 Å². The summed E-state index contributed by atoms with van der Waals surface area (Å²) in [7, 11) is 4.99. The molecule has 1 atom stereocenters. The van der Waals surface area contributed by atoms with Gasteiger partial charge in [0.1, 0.15) is 15.7 Å². The van der Waals surface area contributed by atoms with Crippen molar-refractivity contribution in [2.45, 2.75) is 91.2 Å². The van der Waals surface area contributed by atoms with Gasteiger partial charge in [0.05, 0.1) is 0 Å². The SMILES string of the molecule is BC(B)(C(C)C)C(C)(CCCC)CCCCCC. The Morgan fingerprint density at radius 2 is 1.33 bits per heavy atom. The molecule has 18 heavy (non-hydrogen) atoms. The molecule has 0 aliphatic heterocycles. The van der Waals surface area contributed by atoms with Crippen molar-refractivity contribution in [3.63, 3.8) is 0 Å². The third kappa shape index (κ3) is 5.02. The molecule has 2 heteroatoms. The number of hydrogen-bond donors (Lipinski definition) is 0. The maximum absolute atomic E-state index is 2.55. The lowest BCUT2D eigenvalue weighted by molar-refractivity contribution is 0.178. The summed E-state index contributed by atoms with van der Waals surface area (Å²) in [6.45, 7) is 12.0. The van der Waals surface area contributed by atoms with Crippen LogP contribution in [0.2, 0.25) is 5.21 Å². The summed E-state index contributed by atoms with van der Waals surface area (Å²) < 4.78 is 0. The molecule has 0 aromatic heterocycles. The third-order valence-corrected chi connectivity index (χ3v) is 5.66. The Hall–Kier alpha value is 0.130. The Morgan fingerprint density at radius 1 is 0.833 bits per heavy atom. The number of hydrogen-bond acceptors (Lipinski definition) is 0. The summed E-state index contributed by atoms with van der Waals surface area (Å²) >= 11 is 0. The molecule has 0 spiro atoms. The van der Waals surface area contributed by atoms with Gasteiger partial charge in [-0.15, -0.1) is 0 Å². The van der Waals surface area contributed by atoms with E-state index < -0.39 is 0 Å². The fraction of sp³-hybridized carbons (Fsp3) is 1.00. The highest BCUT2D eigenvalue weighted by atomic mass is 14.4. The normalized spacial score (nSPS) is 15.9. The second kappa shape index (κ2) is 8.33. The minimum atomic E-state index is 0.453. The van der Waals surface area contributed by atoms with Crippen molar-refractivity contribution in [3.8, 4) is 0 Å². The Morgan fingerprint density at radius 3 is 1.78 bits per heavy atom. The van der Waals surface area contributed by atoms with Gasteiger partial charge in [-0.2, -0.15) is 0 Å². The summed E-state index contributed by atoms with van der Waals surface area (Å²) in [4.78, 5) is 0. The van der Waals surface area contributed by atoms with Gasteiger partial charge in [-0.3, -0.25) is 0 Å². The van der Waals surface area contributed by atoms with Crippen LogP contribution in [0.25, 0.3) is 0 Å². The zero-order chi connectivity index (χ0) is 14.2. The Kier molecular flexibility index (Phi) is 8.39. The van der Waals surface area contributed by atoms with Crippen LogP contribution < -0.4 is 0 Å². The lowest BCUT2D eigenvalue weighted by Crippen LogP contribution is -2.39. The first-order valence-corrected chi connectivity index (χ1v) is 8.31. The van der Waals surface area contributed by atoms with Crippen LogP contribution in [0.3, 0.4) is 0 Å². The highest BCUT2D eigenvalue weighted by molar-refractivity contribution is 6.40. The van der Waals surface area contributed by atoms with Crippen LogP contribution >= 0.6 is 0 Å². The standard InChI is InChI=1S/C16H36B2/c1-6-8-10-11-13-15(5,12-9-7-2)16(17,18)14(3)4/h14H,6-13,17-18H2,1-5H3. The predicted octanol–water partition coefficient (Wildman–Crippen LogP) is 4.19. The molecule has 0 heterocycles. The van der Waals surface area contributed by atoms with E-state index in [1.54, 1.807) is 0 Å². The molecule has 0 N–H and O–H groups in total. The molecule has 0 rings (SSSR count). The summed E-state index contributed by atoms with van der Waals surface area (Å²) in [6, 6.07) is 0. The Labute approximate surface area is 119 Å². The van der Waals surface area contributed by atoms with Gasteiger partial charge < -0.3 is 0 Å². The van der Waals surface area contributed by atoms with Crippen LogP contribution in [0, 0.1) is 11.3 Å². The molecule has 106 valence electrons. The average molecular weight is 250 g/mol. The first-order valence-electron chi connectivity index (χ1n) is 8.31. The Balaban J connectivity index is 4.61. The lowest BCUT2D eigenvalue weighted by Gasteiger charge is -2.48. The number of unbranched alkanes of at least 4 members (excludes halogenated alkanes) is 4. The van der Waals surface area contributed by atoms with Crippen molar-refractivity contribution in [3.05, 3.63) is 0 Å². The molecule has 0 aliphatic rings. The minimum Gasteiger partial charge on any atom is -0.0771 e. The molecule has 0 saturated heterocycles. The molecular formula is C16H36B2. The van der Waals surface area contributed by atoms with E-state index in [4.69, 9.17) is 0 Å². The van der Waals surface area contributed by atoms with E-state index in [1.165, 1.54) is 51.4 Å². The fourth-order valence-electron chi connectivity index (χ4n) is 2.98. The second-order valence-corrected chi connectivity index (χ2v) is 7.35. The van der Waals surface area contributed by atoms with Crippen LogP contribution in [-0.4, -0.2) is 15.7 Å². The maximum atomic E-state index is 2.55. The molecule has 0 radical (unpaired) electrons. The van der Waals surface area contributed by atoms with Gasteiger partial charge in [0.15, 0.2) is 0 Å². The Bertz CT molecular complexity index is 211. The van der Waals surface area contributed by atoms with E-state index in [1.807, 2.05) is 0 Å². The molecule has 0 saturated carbocycles. The topological polar surface area (TPSA) is 0 Å². The van der Waals surface area contributed by atoms with Gasteiger partial charge >= 0.3 is 0 Å². The van der Waals surface area contributed by atoms with Gasteiger partial charge in [0, 0.05) is 0 Å². The van der Waals surface area contributed by atoms with Gasteiger partial charge in [0.2, 0.25) is 0 Å². The van der Waals surface area contributed by atoms with E-state index >= 15 is 0 Å². The average Bonchev–Trinajstić information content (AvgIpc) is 2.31. The summed E-state index contributed by atoms with van der Waals surface area (Å²) in [5, 5.41) is 0.453. The van der Waals surface area contributed by atoms with Crippen molar-refractivity contribution < 1.29 is 0 Å². The predicted molar refractivity (Wildman–Crippen MR) is 91.0 cm³/mol. The van der Waals surface area contributed by atoms with E-state index in [-0.39, 0.29) is 0 Å². The van der Waals surface area contributed by atoms with Gasteiger partial charge in [-0.25, -0.2) is 0 Å². The van der Waals surface area contributed by atoms with E-state index in [0.717, 1.165) is 5.92 Å². The fourth-order valence-corrected chi connectivity index (χ4v) is 2.98. The molecule has 0 amide bonds. The van der Waals surface area contributed by atoms with Crippen LogP contribution in [0.5, 0.6) is 0 Å². The number of rotatable bonds is 10. The molecule has 0 aromatic rings. The summed E-state index contributed by atoms with van der Waals surface area (Å²) in [5.41, 5.74) is 0.519. The smallest absolute Gasteiger partial charge is 0.0771 e. The van der Waals surface area contributed by atoms with E-state index in [9.17, 15) is 0 Å². The van der Waals surface area contributed by atoms with Crippen LogP contribution in [-0.2, 0) is 0 Å². The second-order valence-electron chi connectivity index (χ2n) is 7.35. The lowest BCUT2D eigenvalue weighted by atomic mass is 9.37. The zero-order valence-corrected chi connectivity index (χ0v) is 14.2. The molecular weight excluding hydrogens is 214 g/mol. The molecule has 0 nitrogen and oxygen atoms in total. The monoisotopic (exact) mass is 250 g/mol. The van der Waals surface area contributed by atoms with Crippen LogP contribution in [0.15, 0.2) is 0 Å². The van der Waals surface area contributed by atoms with Crippen LogP contribution in [0.1, 0.15) is 86.0 Å². The van der Waals surface area contributed by atoms with Gasteiger partial charge in [-0.05, 0) is 18.3 Å². The van der Waals surface area contributed by atoms with Gasteiger partial charge in [-0.1, -0.05) is 84.3 Å². The molecule has 1 unspecified atom stereocenters. The molecule has 0 aromatic carbocycles. The first kappa shape index (κ1) is 18.1. The van der Waals surface area contributed by atoms with Crippen LogP contribution in [0.4, 0.5) is 0 Å². The first-order chi connectivity index (χ1) is 8.31. The summed E-state index contributed by atoms with van der Waals surface area (Å²) in [6.07, 6.45) is 11.1. The molecule has 0 bridgehead atoms. The quantitative estimate of drug-likeness (QED) is 0.402. The van der Waals surface area contributed by atoms with Crippen molar-refractivity contribution in [1.82, 2.24) is 0 Å². The largest absolute Gasteiger partial charge is 0.100 e. The minimum absolute atomic E-state index is 0.453. The maximum Gasteiger partial charge on any atom is 0.100 e. The molecule has 0 fully saturated rings. The van der Waals surface area contributed by atoms with Crippen molar-refractivity contribution >= 4 is 15.7 Å². The zero-order valence-electron chi connectivity index (χ0n) is 14.2. The summed E-state index contributed by atoms with van der Waals surface area (Å²) in [5.74, 6) is 0.769. The van der Waals surface area contributed by atoms with Gasteiger partial charge in [0.25, 0.3) is 0 Å². The third-order valence-electron chi connectivity index (χ3n) is 5.66. The van der Waals surface area contributed by atoms with Crippen molar-refractivity contribution in [2.75, 3.05) is 0 Å².